The lowest BCUT2D eigenvalue weighted by Gasteiger charge is -2.19. The van der Waals surface area contributed by atoms with Crippen molar-refractivity contribution in [2.45, 2.75) is 20.9 Å². The number of methoxy groups -OCH3 is 6. The normalized spacial score (nSPS) is 10.7. The molecule has 3 aromatic rings. The van der Waals surface area contributed by atoms with Gasteiger partial charge in [-0.25, -0.2) is 0 Å². The average molecular weight is 557 g/mol. The summed E-state index contributed by atoms with van der Waals surface area (Å²) in [6.45, 7) is 0. The zero-order valence-corrected chi connectivity index (χ0v) is 22.3. The maximum absolute atomic E-state index is 10.5. The van der Waals surface area contributed by atoms with Crippen LogP contribution in [0.4, 0.5) is 13.2 Å². The molecule has 12 heteroatoms. The van der Waals surface area contributed by atoms with Crippen LogP contribution in [0.25, 0.3) is 0 Å². The van der Waals surface area contributed by atoms with E-state index in [2.05, 4.69) is 12.1 Å². The van der Waals surface area contributed by atoms with Crippen molar-refractivity contribution in [3.8, 4) is 34.5 Å². The molecule has 3 aromatic carbocycles. The molecule has 0 saturated carbocycles. The number of alkyl halides is 3. The molecule has 0 fully saturated rings. The fourth-order valence-electron chi connectivity index (χ4n) is 3.24. The molecule has 0 atom stereocenters. The Kier molecular flexibility index (Phi) is 10.8. The second kappa shape index (κ2) is 13.6. The highest BCUT2D eigenvalue weighted by Crippen LogP contribution is 2.50. The minimum absolute atomic E-state index is 0.641. The summed E-state index contributed by atoms with van der Waals surface area (Å²) in [4.78, 5) is 11.6. The first-order valence-electron chi connectivity index (χ1n) is 10.7. The molecule has 206 valence electrons. The van der Waals surface area contributed by atoms with Gasteiger partial charge in [0.2, 0.25) is 9.79 Å². The lowest BCUT2D eigenvalue weighted by molar-refractivity contribution is -0.344. The Morgan fingerprint density at radius 1 is 0.658 bits per heavy atom. The summed E-state index contributed by atoms with van der Waals surface area (Å²) >= 11 is 0. The van der Waals surface area contributed by atoms with Gasteiger partial charge in [0.05, 0.1) is 42.7 Å². The van der Waals surface area contributed by atoms with Gasteiger partial charge in [-0.2, -0.15) is 13.2 Å². The van der Waals surface area contributed by atoms with E-state index in [4.69, 9.17) is 38.3 Å². The topological polar surface area (TPSA) is 95.5 Å². The Morgan fingerprint density at radius 3 is 1.21 bits per heavy atom. The predicted molar refractivity (Wildman–Crippen MR) is 132 cm³/mol. The van der Waals surface area contributed by atoms with Crippen LogP contribution in [0, 0.1) is 0 Å². The van der Waals surface area contributed by atoms with Crippen LogP contribution in [-0.2, 0) is 15.7 Å². The Bertz CT molecular complexity index is 1110. The molecule has 0 aliphatic heterocycles. The smallest absolute Gasteiger partial charge is 0.430 e. The number of aliphatic carboxylic acids is 1. The van der Waals surface area contributed by atoms with Gasteiger partial charge >= 0.3 is 6.18 Å². The maximum atomic E-state index is 10.5. The monoisotopic (exact) mass is 556 g/mol. The molecule has 0 amide bonds. The van der Waals surface area contributed by atoms with Gasteiger partial charge in [-0.15, -0.1) is 0 Å². The summed E-state index contributed by atoms with van der Waals surface area (Å²) in [5, 5.41) is 8.78. The van der Waals surface area contributed by atoms with Crippen LogP contribution in [0.3, 0.4) is 0 Å². The van der Waals surface area contributed by atoms with Crippen molar-refractivity contribution in [2.24, 2.45) is 0 Å². The zero-order chi connectivity index (χ0) is 28.5. The van der Waals surface area contributed by atoms with Gasteiger partial charge < -0.3 is 38.3 Å². The molecule has 0 radical (unpaired) electrons. The van der Waals surface area contributed by atoms with Gasteiger partial charge in [0, 0.05) is 24.3 Å². The zero-order valence-electron chi connectivity index (χ0n) is 21.5. The van der Waals surface area contributed by atoms with Gasteiger partial charge in [0.25, 0.3) is 0 Å². The van der Waals surface area contributed by atoms with Crippen molar-refractivity contribution in [3.05, 3.63) is 54.6 Å². The number of carboxylic acids is 1. The average Bonchev–Trinajstić information content (AvgIpc) is 2.93. The van der Waals surface area contributed by atoms with E-state index in [0.29, 0.717) is 34.5 Å². The van der Waals surface area contributed by atoms with Crippen molar-refractivity contribution < 1.29 is 51.5 Å². The highest BCUT2D eigenvalue weighted by Gasteiger charge is 2.42. The SMILES string of the molecule is COc1cc(OC)c([S+](c2ccccc2)c2c(OC)cc(OC)cc2OC)c(OC)c1.O=C([O-])C(F)(F)F. The molecule has 0 unspecified atom stereocenters. The van der Waals surface area contributed by atoms with Crippen LogP contribution >= 0.6 is 0 Å². The number of hydrogen-bond donors (Lipinski definition) is 0. The summed E-state index contributed by atoms with van der Waals surface area (Å²) in [6.07, 6.45) is -5.19. The number of halogens is 3. The Hall–Kier alpha value is -3.93. The molecule has 0 N–H and O–H groups in total. The molecule has 0 spiro atoms. The number of rotatable bonds is 9. The number of carbonyl (C=O) groups is 1. The van der Waals surface area contributed by atoms with E-state index >= 15 is 0 Å². The highest BCUT2D eigenvalue weighted by molar-refractivity contribution is 7.97. The van der Waals surface area contributed by atoms with Crippen LogP contribution < -0.4 is 33.5 Å². The molecule has 0 saturated heterocycles. The van der Waals surface area contributed by atoms with Crippen LogP contribution in [0.15, 0.2) is 69.3 Å². The molecule has 0 bridgehead atoms. The predicted octanol–water partition coefficient (Wildman–Crippen LogP) is 4.13. The van der Waals surface area contributed by atoms with Crippen molar-refractivity contribution in [1.82, 2.24) is 0 Å². The number of hydrogen-bond acceptors (Lipinski definition) is 8. The molecule has 0 heterocycles. The summed E-state index contributed by atoms with van der Waals surface area (Å²) in [6, 6.07) is 17.5. The number of ether oxygens (including phenoxy) is 6. The van der Waals surface area contributed by atoms with Gasteiger partial charge in [0.15, 0.2) is 27.9 Å². The van der Waals surface area contributed by atoms with Crippen molar-refractivity contribution >= 4 is 16.9 Å². The third-order valence-corrected chi connectivity index (χ3v) is 7.32. The van der Waals surface area contributed by atoms with E-state index in [9.17, 15) is 13.2 Å². The van der Waals surface area contributed by atoms with Crippen molar-refractivity contribution in [1.29, 1.82) is 0 Å². The number of benzene rings is 3. The fraction of sp³-hybridized carbons (Fsp3) is 0.269. The molecule has 38 heavy (non-hydrogen) atoms. The summed E-state index contributed by atoms with van der Waals surface area (Å²) in [5.41, 5.74) is 0. The largest absolute Gasteiger partial charge is 0.542 e. The first-order valence-corrected chi connectivity index (χ1v) is 12.0. The lowest BCUT2D eigenvalue weighted by Crippen LogP contribution is -2.37. The summed E-state index contributed by atoms with van der Waals surface area (Å²) in [7, 11) is 9.06. The van der Waals surface area contributed by atoms with Gasteiger partial charge in [0.1, 0.15) is 28.4 Å². The quantitative estimate of drug-likeness (QED) is 0.363. The lowest BCUT2D eigenvalue weighted by atomic mass is 10.3. The van der Waals surface area contributed by atoms with E-state index in [1.54, 1.807) is 42.7 Å². The Labute approximate surface area is 221 Å². The van der Waals surface area contributed by atoms with Gasteiger partial charge in [-0.05, 0) is 12.1 Å². The van der Waals surface area contributed by atoms with E-state index in [0.717, 1.165) is 14.7 Å². The van der Waals surface area contributed by atoms with Crippen LogP contribution in [0.5, 0.6) is 34.5 Å². The van der Waals surface area contributed by atoms with Crippen LogP contribution in [0.1, 0.15) is 0 Å². The highest BCUT2D eigenvalue weighted by atomic mass is 32.2. The standard InChI is InChI=1S/C24H27O6S.C2HF3O2/c1-25-16-12-19(27-3)23(20(13-16)28-4)31(18-10-8-7-9-11-18)24-21(29-5)14-17(26-2)15-22(24)30-6;3-2(4,5)1(6)7/h7-15H,1-6H3;(H,6,7)/q+1;/p-1. The molecule has 8 nitrogen and oxygen atoms in total. The molecular weight excluding hydrogens is 529 g/mol. The molecule has 3 rings (SSSR count). The second-order valence-electron chi connectivity index (χ2n) is 7.13. The molecule has 0 aliphatic carbocycles. The van der Waals surface area contributed by atoms with E-state index < -0.39 is 23.0 Å². The van der Waals surface area contributed by atoms with E-state index in [-0.39, 0.29) is 0 Å². The van der Waals surface area contributed by atoms with Gasteiger partial charge in [-0.1, -0.05) is 18.2 Å². The fourth-order valence-corrected chi connectivity index (χ4v) is 5.72. The third-order valence-electron chi connectivity index (χ3n) is 4.96. The Morgan fingerprint density at radius 2 is 0.974 bits per heavy atom. The third kappa shape index (κ3) is 7.09. The van der Waals surface area contributed by atoms with E-state index in [1.165, 1.54) is 0 Å². The number of carbonyl (C=O) groups excluding carboxylic acids is 1. The van der Waals surface area contributed by atoms with Crippen molar-refractivity contribution in [2.75, 3.05) is 42.7 Å². The minimum atomic E-state index is -5.19. The molecule has 0 aliphatic rings. The first kappa shape index (κ1) is 30.3. The summed E-state index contributed by atoms with van der Waals surface area (Å²) < 4.78 is 65.6. The number of carboxylic acid groups (broad SMARTS) is 1. The maximum Gasteiger partial charge on any atom is 0.430 e. The van der Waals surface area contributed by atoms with Crippen molar-refractivity contribution in [3.63, 3.8) is 0 Å². The summed E-state index contributed by atoms with van der Waals surface area (Å²) in [5.74, 6) is 0.844. The minimum Gasteiger partial charge on any atom is -0.542 e. The Balaban J connectivity index is 0.000000638. The van der Waals surface area contributed by atoms with E-state index in [1.807, 2.05) is 42.5 Å². The molecule has 0 aromatic heterocycles. The first-order chi connectivity index (χ1) is 18.1. The van der Waals surface area contributed by atoms with Crippen LogP contribution in [0.2, 0.25) is 0 Å². The second-order valence-corrected chi connectivity index (χ2v) is 9.03. The molecular formula is C26H27F3O8S. The van der Waals surface area contributed by atoms with Gasteiger partial charge in [-0.3, -0.25) is 0 Å². The van der Waals surface area contributed by atoms with Crippen LogP contribution in [-0.4, -0.2) is 54.8 Å².